The fourth-order valence-electron chi connectivity index (χ4n) is 3.49. The Balaban J connectivity index is 1.68. The van der Waals surface area contributed by atoms with Gasteiger partial charge in [-0.15, -0.1) is 11.3 Å². The maximum Gasteiger partial charge on any atom is 0.410 e. The topological polar surface area (TPSA) is 77.4 Å². The molecule has 0 spiro atoms. The molecule has 0 saturated carbocycles. The van der Waals surface area contributed by atoms with Crippen molar-refractivity contribution in [1.29, 1.82) is 0 Å². The lowest BCUT2D eigenvalue weighted by molar-refractivity contribution is -0.173. The van der Waals surface area contributed by atoms with Crippen molar-refractivity contribution in [1.82, 2.24) is 9.78 Å². The molecule has 2 N–H and O–H groups in total. The number of hydrogen-bond acceptors (Lipinski definition) is 6. The number of nitrogens with one attached hydrogen (secondary N) is 2. The Morgan fingerprint density at radius 3 is 2.72 bits per heavy atom. The molecular formula is C20H18BrF3N4O3S. The molecule has 0 bridgehead atoms. The summed E-state index contributed by atoms with van der Waals surface area (Å²) in [5, 5.41) is 11.5. The number of aromatic nitrogens is 2. The van der Waals surface area contributed by atoms with E-state index in [0.717, 1.165) is 9.56 Å². The smallest absolute Gasteiger partial charge is 0.410 e. The molecule has 2 aromatic heterocycles. The maximum atomic E-state index is 13.9. The van der Waals surface area contributed by atoms with Crippen LogP contribution in [0.5, 0.6) is 11.5 Å². The molecule has 4 rings (SSSR count). The van der Waals surface area contributed by atoms with E-state index in [4.69, 9.17) is 9.47 Å². The van der Waals surface area contributed by atoms with Crippen LogP contribution in [0.25, 0.3) is 0 Å². The van der Waals surface area contributed by atoms with Crippen LogP contribution in [0.1, 0.15) is 33.9 Å². The lowest BCUT2D eigenvalue weighted by Crippen LogP contribution is -2.35. The Morgan fingerprint density at radius 2 is 2.09 bits per heavy atom. The van der Waals surface area contributed by atoms with E-state index in [2.05, 4.69) is 31.7 Å². The predicted molar refractivity (Wildman–Crippen MR) is 118 cm³/mol. The zero-order valence-electron chi connectivity index (χ0n) is 16.9. The van der Waals surface area contributed by atoms with Crippen molar-refractivity contribution >= 4 is 44.7 Å². The molecule has 0 aliphatic carbocycles. The molecule has 1 aliphatic heterocycles. The summed E-state index contributed by atoms with van der Waals surface area (Å²) in [7, 11) is 2.92. The highest BCUT2D eigenvalue weighted by Gasteiger charge is 2.48. The first-order valence-electron chi connectivity index (χ1n) is 9.41. The number of amides is 1. The molecule has 0 fully saturated rings. The quantitative estimate of drug-likeness (QED) is 0.446. The van der Waals surface area contributed by atoms with Crippen LogP contribution in [-0.4, -0.2) is 36.1 Å². The highest BCUT2D eigenvalue weighted by atomic mass is 79.9. The SMILES string of the molecule is COc1ccc(NC(=O)c2nn3c(c2Br)N[C@@H](c2cccs2)C[C@@H]3C(F)(F)F)c(OC)c1. The van der Waals surface area contributed by atoms with Gasteiger partial charge in [0, 0.05) is 17.4 Å². The zero-order valence-corrected chi connectivity index (χ0v) is 19.3. The van der Waals surface area contributed by atoms with Gasteiger partial charge in [0.25, 0.3) is 5.91 Å². The molecule has 3 aromatic rings. The molecule has 7 nitrogen and oxygen atoms in total. The van der Waals surface area contributed by atoms with Crippen molar-refractivity contribution < 1.29 is 27.4 Å². The number of benzene rings is 1. The number of carbonyl (C=O) groups is 1. The lowest BCUT2D eigenvalue weighted by atomic mass is 10.0. The molecule has 12 heteroatoms. The number of methoxy groups -OCH3 is 2. The molecule has 1 aromatic carbocycles. The van der Waals surface area contributed by atoms with Crippen LogP contribution in [0.15, 0.2) is 40.2 Å². The second kappa shape index (κ2) is 8.66. The third-order valence-corrected chi connectivity index (χ3v) is 6.79. The van der Waals surface area contributed by atoms with Gasteiger partial charge in [0.15, 0.2) is 11.7 Å². The summed E-state index contributed by atoms with van der Waals surface area (Å²) in [6.07, 6.45) is -4.77. The van der Waals surface area contributed by atoms with Crippen LogP contribution >= 0.6 is 27.3 Å². The molecule has 3 heterocycles. The van der Waals surface area contributed by atoms with E-state index in [-0.39, 0.29) is 22.4 Å². The first kappa shape index (κ1) is 22.5. The average molecular weight is 531 g/mol. The Kier molecular flexibility index (Phi) is 6.08. The number of ether oxygens (including phenoxy) is 2. The summed E-state index contributed by atoms with van der Waals surface area (Å²) < 4.78 is 53.0. The number of carbonyl (C=O) groups excluding carboxylic acids is 1. The summed E-state index contributed by atoms with van der Waals surface area (Å²) >= 11 is 4.64. The van der Waals surface area contributed by atoms with Crippen LogP contribution in [0, 0.1) is 0 Å². The van der Waals surface area contributed by atoms with Gasteiger partial charge in [-0.3, -0.25) is 4.79 Å². The number of halogens is 4. The molecule has 1 aliphatic rings. The van der Waals surface area contributed by atoms with Gasteiger partial charge in [-0.25, -0.2) is 4.68 Å². The summed E-state index contributed by atoms with van der Waals surface area (Å²) in [6, 6.07) is 5.90. The van der Waals surface area contributed by atoms with Gasteiger partial charge >= 0.3 is 6.18 Å². The van der Waals surface area contributed by atoms with Crippen molar-refractivity contribution in [3.63, 3.8) is 0 Å². The van der Waals surface area contributed by atoms with Crippen molar-refractivity contribution in [2.24, 2.45) is 0 Å². The fourth-order valence-corrected chi connectivity index (χ4v) is 4.84. The van der Waals surface area contributed by atoms with Gasteiger partial charge in [0.05, 0.1) is 30.4 Å². The molecule has 32 heavy (non-hydrogen) atoms. The summed E-state index contributed by atoms with van der Waals surface area (Å²) in [4.78, 5) is 13.7. The molecule has 0 saturated heterocycles. The minimum absolute atomic E-state index is 0.101. The highest BCUT2D eigenvalue weighted by Crippen LogP contribution is 2.47. The molecule has 0 radical (unpaired) electrons. The third kappa shape index (κ3) is 4.16. The number of hydrogen-bond donors (Lipinski definition) is 2. The monoisotopic (exact) mass is 530 g/mol. The van der Waals surface area contributed by atoms with E-state index in [1.165, 1.54) is 25.6 Å². The lowest BCUT2D eigenvalue weighted by Gasteiger charge is -2.33. The number of anilines is 2. The summed E-state index contributed by atoms with van der Waals surface area (Å²) in [5.74, 6) is 0.277. The normalized spacial score (nSPS) is 17.9. The van der Waals surface area contributed by atoms with Crippen LogP contribution < -0.4 is 20.1 Å². The summed E-state index contributed by atoms with van der Waals surface area (Å²) in [5.41, 5.74) is 0.152. The van der Waals surface area contributed by atoms with Gasteiger partial charge in [-0.1, -0.05) is 6.07 Å². The zero-order chi connectivity index (χ0) is 23.0. The standard InChI is InChI=1S/C20H18BrF3N4O3S/c1-30-10-5-6-11(13(8-10)31-2)26-19(29)17-16(21)18-25-12(14-4-3-7-32-14)9-15(20(22,23)24)28(18)27-17/h3-8,12,15,25H,9H2,1-2H3,(H,26,29)/t12-,15-/m1/s1. The number of rotatable bonds is 5. The molecule has 1 amide bonds. The van der Waals surface area contributed by atoms with Gasteiger partial charge < -0.3 is 20.1 Å². The number of nitrogens with zero attached hydrogens (tertiary/aromatic N) is 2. The number of alkyl halides is 3. The Morgan fingerprint density at radius 1 is 1.31 bits per heavy atom. The average Bonchev–Trinajstić information content (AvgIpc) is 3.41. The Bertz CT molecular complexity index is 1130. The van der Waals surface area contributed by atoms with Gasteiger partial charge in [-0.05, 0) is 39.5 Å². The largest absolute Gasteiger partial charge is 0.497 e. The van der Waals surface area contributed by atoms with Gasteiger partial charge in [0.2, 0.25) is 0 Å². The van der Waals surface area contributed by atoms with E-state index in [9.17, 15) is 18.0 Å². The molecule has 2 atom stereocenters. The fraction of sp³-hybridized carbons (Fsp3) is 0.300. The number of fused-ring (bicyclic) bond motifs is 1. The minimum Gasteiger partial charge on any atom is -0.497 e. The van der Waals surface area contributed by atoms with Crippen LogP contribution in [0.3, 0.4) is 0 Å². The van der Waals surface area contributed by atoms with Crippen LogP contribution in [-0.2, 0) is 0 Å². The summed E-state index contributed by atoms with van der Waals surface area (Å²) in [6.45, 7) is 0. The minimum atomic E-state index is -4.54. The Labute approximate surface area is 193 Å². The Hall–Kier alpha value is -2.73. The van der Waals surface area contributed by atoms with E-state index >= 15 is 0 Å². The maximum absolute atomic E-state index is 13.9. The molecular weight excluding hydrogens is 513 g/mol. The first-order valence-corrected chi connectivity index (χ1v) is 11.1. The molecule has 170 valence electrons. The van der Waals surface area contributed by atoms with Crippen molar-refractivity contribution in [2.75, 3.05) is 24.9 Å². The van der Waals surface area contributed by atoms with Crippen LogP contribution in [0.2, 0.25) is 0 Å². The van der Waals surface area contributed by atoms with E-state index < -0.39 is 24.2 Å². The van der Waals surface area contributed by atoms with Crippen molar-refractivity contribution in [3.8, 4) is 11.5 Å². The molecule has 0 unspecified atom stereocenters. The van der Waals surface area contributed by atoms with E-state index in [1.54, 1.807) is 30.3 Å². The van der Waals surface area contributed by atoms with Crippen LogP contribution in [0.4, 0.5) is 24.7 Å². The van der Waals surface area contributed by atoms with Crippen molar-refractivity contribution in [2.45, 2.75) is 24.7 Å². The second-order valence-corrected chi connectivity index (χ2v) is 8.75. The van der Waals surface area contributed by atoms with Crippen molar-refractivity contribution in [3.05, 3.63) is 50.8 Å². The van der Waals surface area contributed by atoms with E-state index in [1.807, 2.05) is 5.38 Å². The van der Waals surface area contributed by atoms with E-state index in [0.29, 0.717) is 17.2 Å². The number of thiophene rings is 1. The van der Waals surface area contributed by atoms with Gasteiger partial charge in [0.1, 0.15) is 17.3 Å². The highest BCUT2D eigenvalue weighted by molar-refractivity contribution is 9.10. The predicted octanol–water partition coefficient (Wildman–Crippen LogP) is 5.64. The second-order valence-electron chi connectivity index (χ2n) is 6.98. The van der Waals surface area contributed by atoms with Gasteiger partial charge in [-0.2, -0.15) is 18.3 Å². The third-order valence-electron chi connectivity index (χ3n) is 5.05. The first-order chi connectivity index (χ1) is 15.2.